The van der Waals surface area contributed by atoms with Gasteiger partial charge in [-0.1, -0.05) is 53.9 Å². The number of ether oxygens (including phenoxy) is 1. The van der Waals surface area contributed by atoms with Gasteiger partial charge in [0.15, 0.2) is 6.29 Å². The Morgan fingerprint density at radius 3 is 2.12 bits per heavy atom. The quantitative estimate of drug-likeness (QED) is 0.714. The summed E-state index contributed by atoms with van der Waals surface area (Å²) in [6.45, 7) is 11.1. The molecule has 0 fully saturated rings. The first-order valence-electron chi connectivity index (χ1n) is 6.21. The molecule has 0 bridgehead atoms. The second-order valence-corrected chi connectivity index (χ2v) is 5.47. The molecule has 3 heteroatoms. The Kier molecular flexibility index (Phi) is 11.2. The summed E-state index contributed by atoms with van der Waals surface area (Å²) in [6, 6.07) is 0. The van der Waals surface area contributed by atoms with Gasteiger partial charge in [0.25, 0.3) is 0 Å². The summed E-state index contributed by atoms with van der Waals surface area (Å²) in [6.07, 6.45) is 4.19. The van der Waals surface area contributed by atoms with E-state index in [4.69, 9.17) is 4.74 Å². The topological polar surface area (TPSA) is 29.5 Å². The molecule has 0 aromatic heterocycles. The summed E-state index contributed by atoms with van der Waals surface area (Å²) >= 11 is 0. The number of aliphatic hydroxyl groups excluding tert-OH is 1. The maximum Gasteiger partial charge on any atom is 0.159 e. The molecular formula is C13H28O2V. The molecule has 2 atom stereocenters. The zero-order valence-electron chi connectivity index (χ0n) is 11.5. The first kappa shape index (κ1) is 18.9. The van der Waals surface area contributed by atoms with Crippen molar-refractivity contribution in [2.45, 2.75) is 66.6 Å². The van der Waals surface area contributed by atoms with Crippen molar-refractivity contribution in [2.24, 2.45) is 11.3 Å². The number of aliphatic hydroxyl groups is 1. The number of hydrogen-bond donors (Lipinski definition) is 1. The fourth-order valence-corrected chi connectivity index (χ4v) is 1.38. The van der Waals surface area contributed by atoms with Gasteiger partial charge in [0, 0.05) is 24.0 Å². The van der Waals surface area contributed by atoms with Crippen LogP contribution >= 0.6 is 0 Å². The summed E-state index contributed by atoms with van der Waals surface area (Å²) in [5.41, 5.74) is -0.178. The molecule has 0 aliphatic carbocycles. The molecule has 0 rings (SSSR count). The predicted octanol–water partition coefficient (Wildman–Crippen LogP) is 3.58. The first-order chi connectivity index (χ1) is 6.91. The van der Waals surface area contributed by atoms with Gasteiger partial charge in [-0.3, -0.25) is 0 Å². The zero-order valence-corrected chi connectivity index (χ0v) is 12.9. The Labute approximate surface area is 113 Å². The molecule has 0 aromatic rings. The number of unbranched alkanes of at least 4 members (excludes halogenated alkanes) is 1. The second-order valence-electron chi connectivity index (χ2n) is 5.47. The van der Waals surface area contributed by atoms with E-state index in [2.05, 4.69) is 13.8 Å². The molecule has 1 N–H and O–H groups in total. The molecule has 0 aliphatic rings. The van der Waals surface area contributed by atoms with Crippen LogP contribution in [0.3, 0.4) is 0 Å². The SMILES string of the molecule is CCCCC(CC)COC(O)C(C)(C)C.[V]. The van der Waals surface area contributed by atoms with Crippen LogP contribution in [0, 0.1) is 11.3 Å². The van der Waals surface area contributed by atoms with Crippen LogP contribution in [0.25, 0.3) is 0 Å². The minimum absolute atomic E-state index is 0. The van der Waals surface area contributed by atoms with Crippen LogP contribution in [0.1, 0.15) is 60.3 Å². The zero-order chi connectivity index (χ0) is 11.9. The average Bonchev–Trinajstić information content (AvgIpc) is 2.16. The summed E-state index contributed by atoms with van der Waals surface area (Å²) in [5.74, 6) is 0.599. The molecule has 0 amide bonds. The standard InChI is InChI=1S/C13H28O2.V/c1-6-8-9-11(7-2)10-15-12(14)13(3,4)5;/h11-12,14H,6-10H2,1-5H3;. The summed E-state index contributed by atoms with van der Waals surface area (Å²) in [5, 5.41) is 9.73. The van der Waals surface area contributed by atoms with Gasteiger partial charge >= 0.3 is 0 Å². The average molecular weight is 267 g/mol. The van der Waals surface area contributed by atoms with Crippen LogP contribution < -0.4 is 0 Å². The van der Waals surface area contributed by atoms with E-state index in [-0.39, 0.29) is 24.0 Å². The second kappa shape index (κ2) is 9.53. The van der Waals surface area contributed by atoms with Crippen molar-refractivity contribution < 1.29 is 28.4 Å². The van der Waals surface area contributed by atoms with Crippen LogP contribution in [0.15, 0.2) is 0 Å². The first-order valence-corrected chi connectivity index (χ1v) is 6.21. The van der Waals surface area contributed by atoms with E-state index in [1.807, 2.05) is 20.8 Å². The maximum atomic E-state index is 9.73. The molecule has 0 aliphatic heterocycles. The van der Waals surface area contributed by atoms with E-state index in [9.17, 15) is 5.11 Å². The Bertz CT molecular complexity index is 155. The third kappa shape index (κ3) is 8.63. The van der Waals surface area contributed by atoms with Crippen LogP contribution in [-0.4, -0.2) is 18.0 Å². The monoisotopic (exact) mass is 267 g/mol. The molecule has 16 heavy (non-hydrogen) atoms. The van der Waals surface area contributed by atoms with Crippen molar-refractivity contribution in [3.63, 3.8) is 0 Å². The Morgan fingerprint density at radius 2 is 1.75 bits per heavy atom. The largest absolute Gasteiger partial charge is 0.368 e. The number of rotatable bonds is 7. The van der Waals surface area contributed by atoms with Gasteiger partial charge in [-0.15, -0.1) is 0 Å². The van der Waals surface area contributed by atoms with Crippen molar-refractivity contribution in [1.29, 1.82) is 0 Å². The Hall–Kier alpha value is 0.504. The molecule has 0 spiro atoms. The van der Waals surface area contributed by atoms with Crippen LogP contribution in [0.4, 0.5) is 0 Å². The van der Waals surface area contributed by atoms with Crippen molar-refractivity contribution in [1.82, 2.24) is 0 Å². The van der Waals surface area contributed by atoms with E-state index in [0.29, 0.717) is 12.5 Å². The molecule has 2 nitrogen and oxygen atoms in total. The van der Waals surface area contributed by atoms with Gasteiger partial charge in [0.1, 0.15) is 0 Å². The molecule has 1 radical (unpaired) electrons. The fraction of sp³-hybridized carbons (Fsp3) is 1.00. The molecule has 0 heterocycles. The van der Waals surface area contributed by atoms with Crippen molar-refractivity contribution in [3.05, 3.63) is 0 Å². The predicted molar refractivity (Wildman–Crippen MR) is 64.7 cm³/mol. The third-order valence-electron chi connectivity index (χ3n) is 2.77. The number of hydrogen-bond acceptors (Lipinski definition) is 2. The fourth-order valence-electron chi connectivity index (χ4n) is 1.38. The van der Waals surface area contributed by atoms with Crippen molar-refractivity contribution >= 4 is 0 Å². The summed E-state index contributed by atoms with van der Waals surface area (Å²) in [7, 11) is 0. The van der Waals surface area contributed by atoms with Gasteiger partial charge in [-0.2, -0.15) is 0 Å². The van der Waals surface area contributed by atoms with Gasteiger partial charge in [-0.25, -0.2) is 0 Å². The van der Waals surface area contributed by atoms with Gasteiger partial charge in [-0.05, 0) is 12.3 Å². The molecular weight excluding hydrogens is 239 g/mol. The molecule has 0 saturated carbocycles. The van der Waals surface area contributed by atoms with E-state index in [0.717, 1.165) is 6.42 Å². The molecule has 0 aromatic carbocycles. The van der Waals surface area contributed by atoms with E-state index in [1.165, 1.54) is 19.3 Å². The summed E-state index contributed by atoms with van der Waals surface area (Å²) in [4.78, 5) is 0. The van der Waals surface area contributed by atoms with Crippen LogP contribution in [0.2, 0.25) is 0 Å². The Morgan fingerprint density at radius 1 is 1.19 bits per heavy atom. The smallest absolute Gasteiger partial charge is 0.159 e. The minimum atomic E-state index is -0.645. The molecule has 2 unspecified atom stereocenters. The summed E-state index contributed by atoms with van der Waals surface area (Å²) < 4.78 is 5.51. The van der Waals surface area contributed by atoms with Crippen LogP contribution in [-0.2, 0) is 23.3 Å². The molecule has 0 saturated heterocycles. The van der Waals surface area contributed by atoms with Crippen LogP contribution in [0.5, 0.6) is 0 Å². The molecule has 97 valence electrons. The maximum absolute atomic E-state index is 9.73. The van der Waals surface area contributed by atoms with Gasteiger partial charge in [0.05, 0.1) is 6.61 Å². The third-order valence-corrected chi connectivity index (χ3v) is 2.77. The minimum Gasteiger partial charge on any atom is -0.368 e. The van der Waals surface area contributed by atoms with Gasteiger partial charge < -0.3 is 9.84 Å². The van der Waals surface area contributed by atoms with Crippen molar-refractivity contribution in [3.8, 4) is 0 Å². The van der Waals surface area contributed by atoms with Gasteiger partial charge in [0.2, 0.25) is 0 Å². The Balaban J connectivity index is 0. The van der Waals surface area contributed by atoms with E-state index in [1.54, 1.807) is 0 Å². The van der Waals surface area contributed by atoms with Crippen molar-refractivity contribution in [2.75, 3.05) is 6.61 Å². The normalized spacial score (nSPS) is 15.4. The van der Waals surface area contributed by atoms with E-state index >= 15 is 0 Å². The van der Waals surface area contributed by atoms with E-state index < -0.39 is 6.29 Å².